The van der Waals surface area contributed by atoms with Gasteiger partial charge in [-0.15, -0.1) is 0 Å². The van der Waals surface area contributed by atoms with E-state index in [1.165, 1.54) is 12.8 Å². The fraction of sp³-hybridized carbons (Fsp3) is 0.348. The Morgan fingerprint density at radius 3 is 2.83 bits per heavy atom. The fourth-order valence-electron chi connectivity index (χ4n) is 3.70. The zero-order chi connectivity index (χ0) is 20.2. The summed E-state index contributed by atoms with van der Waals surface area (Å²) in [5.74, 6) is 1.19. The number of nitrogens with zero attached hydrogens (tertiary/aromatic N) is 2. The van der Waals surface area contributed by atoms with Gasteiger partial charge in [-0.3, -0.25) is 9.78 Å². The number of aromatic nitrogens is 2. The molecule has 0 atom stereocenters. The molecule has 6 heteroatoms. The average Bonchev–Trinajstić information content (AvgIpc) is 3.25. The number of hydrogen-bond donors (Lipinski definition) is 1. The van der Waals surface area contributed by atoms with Gasteiger partial charge in [-0.05, 0) is 56.9 Å². The molecular weight excluding hydrogens is 366 g/mol. The van der Waals surface area contributed by atoms with E-state index in [9.17, 15) is 4.79 Å². The summed E-state index contributed by atoms with van der Waals surface area (Å²) in [6.45, 7) is 2.20. The standard InChI is InChI=1S/C23H25N3O3/c1-15-20(12-16-9-10-19(28-2)13-21(16)26-15)22(27)25-14-17-6-5-11-24-23(17)29-18-7-3-4-8-18/h5-6,9-13,18H,3-4,7-8,14H2,1-2H3,(H,25,27). The van der Waals surface area contributed by atoms with Crippen LogP contribution in [0, 0.1) is 6.92 Å². The summed E-state index contributed by atoms with van der Waals surface area (Å²) in [4.78, 5) is 21.8. The smallest absolute Gasteiger partial charge is 0.253 e. The molecular formula is C23H25N3O3. The Morgan fingerprint density at radius 2 is 2.03 bits per heavy atom. The maximum Gasteiger partial charge on any atom is 0.253 e. The first kappa shape index (κ1) is 19.2. The minimum absolute atomic E-state index is 0.164. The minimum Gasteiger partial charge on any atom is -0.497 e. The molecule has 0 aliphatic heterocycles. The van der Waals surface area contributed by atoms with Gasteiger partial charge < -0.3 is 14.8 Å². The molecule has 1 amide bonds. The van der Waals surface area contributed by atoms with Crippen LogP contribution in [0.5, 0.6) is 11.6 Å². The number of amides is 1. The van der Waals surface area contributed by atoms with Gasteiger partial charge in [0.25, 0.3) is 5.91 Å². The SMILES string of the molecule is COc1ccc2cc(C(=O)NCc3cccnc3OC3CCCC3)c(C)nc2c1. The lowest BCUT2D eigenvalue weighted by Gasteiger charge is -2.16. The van der Waals surface area contributed by atoms with E-state index >= 15 is 0 Å². The quantitative estimate of drug-likeness (QED) is 0.682. The molecule has 0 unspecified atom stereocenters. The van der Waals surface area contributed by atoms with Crippen molar-refractivity contribution in [3.63, 3.8) is 0 Å². The van der Waals surface area contributed by atoms with Crippen LogP contribution in [-0.4, -0.2) is 29.1 Å². The van der Waals surface area contributed by atoms with Crippen LogP contribution in [-0.2, 0) is 6.54 Å². The van der Waals surface area contributed by atoms with Crippen molar-refractivity contribution >= 4 is 16.8 Å². The Balaban J connectivity index is 1.49. The number of methoxy groups -OCH3 is 1. The number of aryl methyl sites for hydroxylation is 1. The van der Waals surface area contributed by atoms with Gasteiger partial charge in [0.05, 0.1) is 23.9 Å². The Labute approximate surface area is 170 Å². The zero-order valence-electron chi connectivity index (χ0n) is 16.8. The number of carbonyl (C=O) groups excluding carboxylic acids is 1. The molecule has 3 aromatic rings. The molecule has 0 radical (unpaired) electrons. The third kappa shape index (κ3) is 4.31. The van der Waals surface area contributed by atoms with Crippen molar-refractivity contribution in [3.8, 4) is 11.6 Å². The summed E-state index contributed by atoms with van der Waals surface area (Å²) >= 11 is 0. The van der Waals surface area contributed by atoms with Gasteiger partial charge in [-0.2, -0.15) is 0 Å². The molecule has 2 heterocycles. The number of carbonyl (C=O) groups is 1. The Morgan fingerprint density at radius 1 is 1.21 bits per heavy atom. The molecule has 1 N–H and O–H groups in total. The first-order valence-corrected chi connectivity index (χ1v) is 9.98. The average molecular weight is 391 g/mol. The van der Waals surface area contributed by atoms with Crippen LogP contribution in [0.1, 0.15) is 47.3 Å². The Hall–Kier alpha value is -3.15. The number of benzene rings is 1. The van der Waals surface area contributed by atoms with Gasteiger partial charge in [-0.1, -0.05) is 6.07 Å². The number of fused-ring (bicyclic) bond motifs is 1. The molecule has 4 rings (SSSR count). The highest BCUT2D eigenvalue weighted by Gasteiger charge is 2.19. The fourth-order valence-corrected chi connectivity index (χ4v) is 3.70. The van der Waals surface area contributed by atoms with E-state index < -0.39 is 0 Å². The summed E-state index contributed by atoms with van der Waals surface area (Å²) in [5.41, 5.74) is 2.92. The van der Waals surface area contributed by atoms with Crippen molar-refractivity contribution in [2.75, 3.05) is 7.11 Å². The lowest BCUT2D eigenvalue weighted by Crippen LogP contribution is -2.25. The summed E-state index contributed by atoms with van der Waals surface area (Å²) in [5, 5.41) is 3.88. The predicted molar refractivity (Wildman–Crippen MR) is 111 cm³/mol. The molecule has 2 aromatic heterocycles. The van der Waals surface area contributed by atoms with Crippen molar-refractivity contribution in [1.29, 1.82) is 0 Å². The van der Waals surface area contributed by atoms with Crippen LogP contribution in [0.2, 0.25) is 0 Å². The summed E-state index contributed by atoms with van der Waals surface area (Å²) < 4.78 is 11.3. The molecule has 1 saturated carbocycles. The van der Waals surface area contributed by atoms with Crippen LogP contribution in [0.25, 0.3) is 10.9 Å². The van der Waals surface area contributed by atoms with E-state index in [2.05, 4.69) is 15.3 Å². The first-order valence-electron chi connectivity index (χ1n) is 9.98. The normalized spacial score (nSPS) is 14.1. The molecule has 0 bridgehead atoms. The number of pyridine rings is 2. The van der Waals surface area contributed by atoms with Crippen LogP contribution < -0.4 is 14.8 Å². The van der Waals surface area contributed by atoms with Gasteiger partial charge in [0.15, 0.2) is 0 Å². The van der Waals surface area contributed by atoms with Gasteiger partial charge in [0.1, 0.15) is 11.9 Å². The van der Waals surface area contributed by atoms with Crippen molar-refractivity contribution in [2.24, 2.45) is 0 Å². The summed E-state index contributed by atoms with van der Waals surface area (Å²) in [7, 11) is 1.62. The number of hydrogen-bond acceptors (Lipinski definition) is 5. The lowest BCUT2D eigenvalue weighted by molar-refractivity contribution is 0.0949. The predicted octanol–water partition coefficient (Wildman–Crippen LogP) is 4.20. The van der Waals surface area contributed by atoms with E-state index in [0.29, 0.717) is 23.7 Å². The molecule has 1 aromatic carbocycles. The first-order chi connectivity index (χ1) is 14.1. The van der Waals surface area contributed by atoms with Gasteiger partial charge in [-0.25, -0.2) is 4.98 Å². The number of nitrogens with one attached hydrogen (secondary N) is 1. The molecule has 1 aliphatic rings. The number of ether oxygens (including phenoxy) is 2. The maximum absolute atomic E-state index is 12.8. The third-order valence-electron chi connectivity index (χ3n) is 5.33. The maximum atomic E-state index is 12.8. The summed E-state index contributed by atoms with van der Waals surface area (Å²) in [6, 6.07) is 11.3. The minimum atomic E-state index is -0.164. The molecule has 29 heavy (non-hydrogen) atoms. The van der Waals surface area contributed by atoms with Gasteiger partial charge in [0.2, 0.25) is 5.88 Å². The van der Waals surface area contributed by atoms with Gasteiger partial charge >= 0.3 is 0 Å². The highest BCUT2D eigenvalue weighted by atomic mass is 16.5. The summed E-state index contributed by atoms with van der Waals surface area (Å²) in [6.07, 6.45) is 6.47. The molecule has 0 spiro atoms. The Kier molecular flexibility index (Phi) is 5.60. The molecule has 1 fully saturated rings. The van der Waals surface area contributed by atoms with Crippen LogP contribution >= 0.6 is 0 Å². The zero-order valence-corrected chi connectivity index (χ0v) is 16.8. The number of rotatable bonds is 6. The van der Waals surface area contributed by atoms with E-state index in [0.717, 1.165) is 35.1 Å². The molecule has 0 saturated heterocycles. The van der Waals surface area contributed by atoms with E-state index in [1.807, 2.05) is 43.3 Å². The monoisotopic (exact) mass is 391 g/mol. The van der Waals surface area contributed by atoms with Crippen molar-refractivity contribution in [1.82, 2.24) is 15.3 Å². The van der Waals surface area contributed by atoms with Crippen LogP contribution in [0.3, 0.4) is 0 Å². The second-order valence-electron chi connectivity index (χ2n) is 7.35. The van der Waals surface area contributed by atoms with Crippen LogP contribution in [0.15, 0.2) is 42.6 Å². The third-order valence-corrected chi connectivity index (χ3v) is 5.33. The molecule has 1 aliphatic carbocycles. The lowest BCUT2D eigenvalue weighted by atomic mass is 10.1. The van der Waals surface area contributed by atoms with Crippen molar-refractivity contribution in [2.45, 2.75) is 45.3 Å². The van der Waals surface area contributed by atoms with Crippen molar-refractivity contribution in [3.05, 3.63) is 59.4 Å². The van der Waals surface area contributed by atoms with E-state index in [1.54, 1.807) is 13.3 Å². The van der Waals surface area contributed by atoms with Crippen LogP contribution in [0.4, 0.5) is 0 Å². The van der Waals surface area contributed by atoms with Gasteiger partial charge in [0, 0.05) is 29.8 Å². The highest BCUT2D eigenvalue weighted by molar-refractivity contribution is 5.98. The topological polar surface area (TPSA) is 73.3 Å². The molecule has 6 nitrogen and oxygen atoms in total. The van der Waals surface area contributed by atoms with E-state index in [-0.39, 0.29) is 12.0 Å². The van der Waals surface area contributed by atoms with E-state index in [4.69, 9.17) is 9.47 Å². The molecule has 150 valence electrons. The van der Waals surface area contributed by atoms with Crippen molar-refractivity contribution < 1.29 is 14.3 Å². The Bertz CT molecular complexity index is 1030. The highest BCUT2D eigenvalue weighted by Crippen LogP contribution is 2.25. The second kappa shape index (κ2) is 8.47. The largest absolute Gasteiger partial charge is 0.497 e. The second-order valence-corrected chi connectivity index (χ2v) is 7.35.